The highest BCUT2D eigenvalue weighted by Crippen LogP contribution is 2.40. The molecular weight excluding hydrogens is 196 g/mol. The first-order chi connectivity index (χ1) is 4.79. The Morgan fingerprint density at radius 2 is 2.40 bits per heavy atom. The van der Waals surface area contributed by atoms with Crippen LogP contribution in [0.5, 0.6) is 0 Å². The minimum absolute atomic E-state index is 0.148. The molecule has 0 bridgehead atoms. The fraction of sp³-hybridized carbons (Fsp3) is 0.714. The second kappa shape index (κ2) is 3.38. The van der Waals surface area contributed by atoms with Crippen LogP contribution in [0.25, 0.3) is 0 Å². The number of rotatable bonds is 2. The van der Waals surface area contributed by atoms with Gasteiger partial charge < -0.3 is 10.2 Å². The summed E-state index contributed by atoms with van der Waals surface area (Å²) in [7, 11) is 0. The summed E-state index contributed by atoms with van der Waals surface area (Å²) in [4.78, 5) is 2.61. The maximum atomic E-state index is 9.06. The Hall–Kier alpha value is -0.0400. The van der Waals surface area contributed by atoms with Crippen LogP contribution in [-0.4, -0.2) is 22.9 Å². The number of hydrogen-bond donors (Lipinski definition) is 2. The van der Waals surface area contributed by atoms with Crippen LogP contribution in [0.4, 0.5) is 0 Å². The number of halogens is 1. The predicted molar refractivity (Wildman–Crippen MR) is 41.4 cm³/mol. The van der Waals surface area contributed by atoms with Gasteiger partial charge in [0, 0.05) is 27.8 Å². The zero-order valence-electron chi connectivity index (χ0n) is 5.42. The van der Waals surface area contributed by atoms with E-state index < -0.39 is 6.10 Å². The summed E-state index contributed by atoms with van der Waals surface area (Å²) in [6.07, 6.45) is 0.346. The fourth-order valence-electron chi connectivity index (χ4n) is 1.01. The third kappa shape index (κ3) is 1.72. The van der Waals surface area contributed by atoms with Crippen LogP contribution in [0, 0.1) is 22.6 Å². The van der Waals surface area contributed by atoms with Crippen LogP contribution >= 0.6 is 15.9 Å². The van der Waals surface area contributed by atoms with Crippen molar-refractivity contribution < 1.29 is 10.2 Å². The van der Waals surface area contributed by atoms with Gasteiger partial charge in [-0.1, -0.05) is 5.92 Å². The molecule has 0 amide bonds. The van der Waals surface area contributed by atoms with E-state index in [4.69, 9.17) is 10.2 Å². The molecule has 3 heteroatoms. The molecule has 0 aliphatic heterocycles. The molecule has 0 unspecified atom stereocenters. The van der Waals surface area contributed by atoms with E-state index in [0.29, 0.717) is 5.92 Å². The lowest BCUT2D eigenvalue weighted by Crippen LogP contribution is -2.15. The van der Waals surface area contributed by atoms with Crippen LogP contribution < -0.4 is 0 Å². The lowest BCUT2D eigenvalue weighted by Gasteiger charge is -2.01. The average molecular weight is 205 g/mol. The monoisotopic (exact) mass is 204 g/mol. The maximum Gasteiger partial charge on any atom is 0.0811 e. The van der Waals surface area contributed by atoms with Crippen molar-refractivity contribution in [3.05, 3.63) is 0 Å². The van der Waals surface area contributed by atoms with E-state index >= 15 is 0 Å². The molecule has 0 aromatic rings. The molecule has 0 aromatic carbocycles. The van der Waals surface area contributed by atoms with Crippen molar-refractivity contribution in [2.45, 2.75) is 12.5 Å². The van der Waals surface area contributed by atoms with Crippen LogP contribution in [0.15, 0.2) is 0 Å². The van der Waals surface area contributed by atoms with Gasteiger partial charge in [-0.15, -0.1) is 0 Å². The summed E-state index contributed by atoms with van der Waals surface area (Å²) in [6, 6.07) is 0. The van der Waals surface area contributed by atoms with Crippen LogP contribution in [-0.2, 0) is 0 Å². The Bertz CT molecular complexity index is 170. The molecule has 0 heterocycles. The molecule has 2 nitrogen and oxygen atoms in total. The highest BCUT2D eigenvalue weighted by molar-refractivity contribution is 9.12. The molecule has 2 N–H and O–H groups in total. The van der Waals surface area contributed by atoms with Gasteiger partial charge in [0.05, 0.1) is 12.7 Å². The number of aliphatic hydroxyl groups excluding tert-OH is 2. The van der Waals surface area contributed by atoms with Gasteiger partial charge in [0.15, 0.2) is 0 Å². The third-order valence-corrected chi connectivity index (χ3v) is 1.99. The first kappa shape index (κ1) is 8.06. The zero-order valence-corrected chi connectivity index (χ0v) is 7.00. The molecule has 0 spiro atoms. The second-order valence-electron chi connectivity index (χ2n) is 2.49. The smallest absolute Gasteiger partial charge is 0.0811 e. The van der Waals surface area contributed by atoms with E-state index in [0.717, 1.165) is 6.42 Å². The predicted octanol–water partition coefficient (Wildman–Crippen LogP) is 0.332. The SMILES string of the molecule is OC[C@@H](O)[C@@H]1C[C@H]1C#CBr. The molecule has 1 saturated carbocycles. The molecule has 1 aliphatic carbocycles. The van der Waals surface area contributed by atoms with Crippen molar-refractivity contribution in [3.8, 4) is 10.8 Å². The lowest BCUT2D eigenvalue weighted by atomic mass is 10.2. The van der Waals surface area contributed by atoms with Gasteiger partial charge in [0.2, 0.25) is 0 Å². The van der Waals surface area contributed by atoms with Crippen molar-refractivity contribution in [1.82, 2.24) is 0 Å². The standard InChI is InChI=1S/C7H9BrO2/c8-2-1-5-3-6(5)7(10)4-9/h5-7,9-10H,3-4H2/t5-,6-,7-/m1/s1. The van der Waals surface area contributed by atoms with Gasteiger partial charge in [0.1, 0.15) is 0 Å². The van der Waals surface area contributed by atoms with Crippen LogP contribution in [0.2, 0.25) is 0 Å². The molecule has 56 valence electrons. The van der Waals surface area contributed by atoms with E-state index in [2.05, 4.69) is 26.7 Å². The average Bonchev–Trinajstić information content (AvgIpc) is 2.67. The second-order valence-corrected chi connectivity index (χ2v) is 2.89. The Labute approximate surface area is 68.4 Å². The molecule has 10 heavy (non-hydrogen) atoms. The van der Waals surface area contributed by atoms with Crippen molar-refractivity contribution in [1.29, 1.82) is 0 Å². The number of aliphatic hydroxyl groups is 2. The minimum Gasteiger partial charge on any atom is -0.394 e. The summed E-state index contributed by atoms with van der Waals surface area (Å²) in [6.45, 7) is -0.148. The van der Waals surface area contributed by atoms with Gasteiger partial charge in [-0.05, 0) is 11.3 Å². The molecule has 0 radical (unpaired) electrons. The van der Waals surface area contributed by atoms with E-state index in [1.165, 1.54) is 0 Å². The van der Waals surface area contributed by atoms with Crippen LogP contribution in [0.1, 0.15) is 6.42 Å². The minimum atomic E-state index is -0.571. The topological polar surface area (TPSA) is 40.5 Å². The summed E-state index contributed by atoms with van der Waals surface area (Å²) < 4.78 is 0. The van der Waals surface area contributed by atoms with Crippen LogP contribution in [0.3, 0.4) is 0 Å². The third-order valence-electron chi connectivity index (χ3n) is 1.76. The van der Waals surface area contributed by atoms with Gasteiger partial charge in [-0.2, -0.15) is 0 Å². The molecule has 0 aromatic heterocycles. The van der Waals surface area contributed by atoms with Crippen molar-refractivity contribution in [2.75, 3.05) is 6.61 Å². The van der Waals surface area contributed by atoms with Gasteiger partial charge >= 0.3 is 0 Å². The van der Waals surface area contributed by atoms with Crippen molar-refractivity contribution >= 4 is 15.9 Å². The van der Waals surface area contributed by atoms with E-state index in [1.807, 2.05) is 0 Å². The van der Waals surface area contributed by atoms with Gasteiger partial charge in [-0.3, -0.25) is 0 Å². The molecule has 3 atom stereocenters. The Morgan fingerprint density at radius 3 is 2.90 bits per heavy atom. The molecule has 1 aliphatic rings. The summed E-state index contributed by atoms with van der Waals surface area (Å²) in [5.41, 5.74) is 0. The zero-order chi connectivity index (χ0) is 7.56. The highest BCUT2D eigenvalue weighted by atomic mass is 79.9. The number of hydrogen-bond acceptors (Lipinski definition) is 2. The maximum absolute atomic E-state index is 9.06. The Kier molecular flexibility index (Phi) is 2.72. The summed E-state index contributed by atoms with van der Waals surface area (Å²) in [5.74, 6) is 3.38. The Morgan fingerprint density at radius 1 is 1.70 bits per heavy atom. The van der Waals surface area contributed by atoms with Gasteiger partial charge in [-0.25, -0.2) is 0 Å². The van der Waals surface area contributed by atoms with E-state index in [9.17, 15) is 0 Å². The molecule has 0 saturated heterocycles. The first-order valence-corrected chi connectivity index (χ1v) is 3.99. The van der Waals surface area contributed by atoms with Gasteiger partial charge in [0.25, 0.3) is 0 Å². The summed E-state index contributed by atoms with van der Waals surface area (Å²) in [5, 5.41) is 17.6. The molecule has 1 rings (SSSR count). The van der Waals surface area contributed by atoms with E-state index in [-0.39, 0.29) is 12.5 Å². The quantitative estimate of drug-likeness (QED) is 0.638. The summed E-state index contributed by atoms with van der Waals surface area (Å²) >= 11 is 2.98. The Balaban J connectivity index is 2.29. The molecular formula is C7H9BrO2. The largest absolute Gasteiger partial charge is 0.394 e. The lowest BCUT2D eigenvalue weighted by molar-refractivity contribution is 0.0757. The fourth-order valence-corrected chi connectivity index (χ4v) is 1.31. The van der Waals surface area contributed by atoms with E-state index in [1.54, 1.807) is 0 Å². The van der Waals surface area contributed by atoms with Crippen molar-refractivity contribution in [3.63, 3.8) is 0 Å². The normalized spacial score (nSPS) is 32.3. The highest BCUT2D eigenvalue weighted by Gasteiger charge is 2.40. The first-order valence-electron chi connectivity index (χ1n) is 3.19. The van der Waals surface area contributed by atoms with Crippen molar-refractivity contribution in [2.24, 2.45) is 11.8 Å². The molecule has 1 fully saturated rings.